The Morgan fingerprint density at radius 1 is 0.917 bits per heavy atom. The molecule has 1 aromatic rings. The number of benzene rings is 1. The highest BCUT2D eigenvalue weighted by molar-refractivity contribution is 5.96. The third-order valence-corrected chi connectivity index (χ3v) is 4.18. The van der Waals surface area contributed by atoms with Gasteiger partial charge >= 0.3 is 0 Å². The molecule has 0 atom stereocenters. The lowest BCUT2D eigenvalue weighted by Crippen LogP contribution is -2.41. The molecule has 0 aliphatic carbocycles. The van der Waals surface area contributed by atoms with Crippen molar-refractivity contribution < 1.29 is 19.1 Å². The van der Waals surface area contributed by atoms with Gasteiger partial charge in [-0.15, -0.1) is 0 Å². The average molecular weight is 333 g/mol. The Bertz CT molecular complexity index is 564. The largest absolute Gasteiger partial charge is 0.379 e. The minimum atomic E-state index is -0.0517. The third kappa shape index (κ3) is 4.53. The van der Waals surface area contributed by atoms with Gasteiger partial charge in [0.2, 0.25) is 5.91 Å². The number of nitrogens with zero attached hydrogens (tertiary/aromatic N) is 2. The Morgan fingerprint density at radius 3 is 2.12 bits per heavy atom. The van der Waals surface area contributed by atoms with Gasteiger partial charge in [-0.2, -0.15) is 0 Å². The molecule has 0 saturated carbocycles. The van der Waals surface area contributed by atoms with Crippen LogP contribution in [-0.4, -0.2) is 80.8 Å². The maximum Gasteiger partial charge on any atom is 0.254 e. The topological polar surface area (TPSA) is 71.1 Å². The summed E-state index contributed by atoms with van der Waals surface area (Å²) in [7, 11) is 0. The predicted octanol–water partition coefficient (Wildman–Crippen LogP) is 0.430. The molecule has 0 unspecified atom stereocenters. The van der Waals surface area contributed by atoms with Crippen molar-refractivity contribution >= 4 is 17.5 Å². The second kappa shape index (κ2) is 8.23. The summed E-state index contributed by atoms with van der Waals surface area (Å²) in [5.41, 5.74) is 1.33. The lowest BCUT2D eigenvalue weighted by Gasteiger charge is -2.27. The molecule has 2 fully saturated rings. The summed E-state index contributed by atoms with van der Waals surface area (Å²) in [6.07, 6.45) is 0. The monoisotopic (exact) mass is 333 g/mol. The molecule has 3 rings (SSSR count). The first-order valence-corrected chi connectivity index (χ1v) is 8.29. The average Bonchev–Trinajstić information content (AvgIpc) is 2.63. The minimum Gasteiger partial charge on any atom is -0.379 e. The molecule has 0 radical (unpaired) electrons. The van der Waals surface area contributed by atoms with E-state index in [0.717, 1.165) is 13.1 Å². The fourth-order valence-electron chi connectivity index (χ4n) is 2.81. The second-order valence-electron chi connectivity index (χ2n) is 5.92. The number of carbonyl (C=O) groups is 2. The van der Waals surface area contributed by atoms with E-state index >= 15 is 0 Å². The first kappa shape index (κ1) is 16.9. The van der Waals surface area contributed by atoms with E-state index in [0.29, 0.717) is 57.3 Å². The highest BCUT2D eigenvalue weighted by Gasteiger charge is 2.18. The van der Waals surface area contributed by atoms with Crippen LogP contribution in [0.5, 0.6) is 0 Å². The summed E-state index contributed by atoms with van der Waals surface area (Å²) in [5, 5.41) is 2.87. The van der Waals surface area contributed by atoms with E-state index in [9.17, 15) is 9.59 Å². The van der Waals surface area contributed by atoms with Gasteiger partial charge in [0.1, 0.15) is 0 Å². The number of hydrogen-bond donors (Lipinski definition) is 1. The Balaban J connectivity index is 1.52. The van der Waals surface area contributed by atoms with Crippen LogP contribution in [-0.2, 0) is 14.3 Å². The molecule has 2 saturated heterocycles. The van der Waals surface area contributed by atoms with Gasteiger partial charge in [-0.05, 0) is 24.3 Å². The molecule has 2 amide bonds. The number of amides is 2. The second-order valence-corrected chi connectivity index (χ2v) is 5.92. The molecule has 7 heteroatoms. The molecule has 130 valence electrons. The van der Waals surface area contributed by atoms with Crippen LogP contribution in [0.25, 0.3) is 0 Å². The SMILES string of the molecule is O=C(CN1CCOCC1)Nc1ccc(C(=O)N2CCOCC2)cc1. The molecule has 7 nitrogen and oxygen atoms in total. The number of anilines is 1. The standard InChI is InChI=1S/C17H23N3O4/c21-16(13-19-5-9-23-10-6-19)18-15-3-1-14(2-4-15)17(22)20-7-11-24-12-8-20/h1-4H,5-13H2,(H,18,21). The zero-order valence-electron chi connectivity index (χ0n) is 13.7. The van der Waals surface area contributed by atoms with Crippen molar-refractivity contribution in [1.82, 2.24) is 9.80 Å². The van der Waals surface area contributed by atoms with Crippen molar-refractivity contribution in [1.29, 1.82) is 0 Å². The van der Waals surface area contributed by atoms with Gasteiger partial charge in [0.05, 0.1) is 33.0 Å². The van der Waals surface area contributed by atoms with Crippen molar-refractivity contribution in [2.75, 3.05) is 64.5 Å². The quantitative estimate of drug-likeness (QED) is 0.865. The zero-order chi connectivity index (χ0) is 16.8. The predicted molar refractivity (Wildman–Crippen MR) is 89.1 cm³/mol. The van der Waals surface area contributed by atoms with Crippen molar-refractivity contribution in [2.24, 2.45) is 0 Å². The van der Waals surface area contributed by atoms with Crippen LogP contribution in [0.1, 0.15) is 10.4 Å². The Kier molecular flexibility index (Phi) is 5.79. The van der Waals surface area contributed by atoms with Gasteiger partial charge in [0.25, 0.3) is 5.91 Å². The first-order valence-electron chi connectivity index (χ1n) is 8.29. The van der Waals surface area contributed by atoms with Gasteiger partial charge in [-0.25, -0.2) is 0 Å². The van der Waals surface area contributed by atoms with E-state index in [1.54, 1.807) is 29.2 Å². The Hall–Kier alpha value is -1.96. The van der Waals surface area contributed by atoms with Crippen LogP contribution in [0.4, 0.5) is 5.69 Å². The minimum absolute atomic E-state index is 0.00416. The number of rotatable bonds is 4. The number of morpholine rings is 2. The molecule has 0 bridgehead atoms. The fraction of sp³-hybridized carbons (Fsp3) is 0.529. The molecule has 2 heterocycles. The number of carbonyl (C=O) groups excluding carboxylic acids is 2. The Labute approximate surface area is 141 Å². The highest BCUT2D eigenvalue weighted by atomic mass is 16.5. The molecular weight excluding hydrogens is 310 g/mol. The van der Waals surface area contributed by atoms with E-state index in [-0.39, 0.29) is 11.8 Å². The van der Waals surface area contributed by atoms with Gasteiger partial charge < -0.3 is 19.7 Å². The summed E-state index contributed by atoms with van der Waals surface area (Å²) < 4.78 is 10.5. The van der Waals surface area contributed by atoms with E-state index in [1.807, 2.05) is 0 Å². The van der Waals surface area contributed by atoms with Gasteiger partial charge in [0.15, 0.2) is 0 Å². The highest BCUT2D eigenvalue weighted by Crippen LogP contribution is 2.13. The van der Waals surface area contributed by atoms with Crippen LogP contribution in [0.15, 0.2) is 24.3 Å². The summed E-state index contributed by atoms with van der Waals surface area (Å²) in [4.78, 5) is 28.3. The summed E-state index contributed by atoms with van der Waals surface area (Å²) in [6, 6.07) is 7.04. The number of ether oxygens (including phenoxy) is 2. The van der Waals surface area contributed by atoms with Crippen LogP contribution in [0.2, 0.25) is 0 Å². The molecule has 0 spiro atoms. The Morgan fingerprint density at radius 2 is 1.50 bits per heavy atom. The molecular formula is C17H23N3O4. The van der Waals surface area contributed by atoms with E-state index in [2.05, 4.69) is 10.2 Å². The van der Waals surface area contributed by atoms with Crippen LogP contribution < -0.4 is 5.32 Å². The van der Waals surface area contributed by atoms with Gasteiger partial charge in [0, 0.05) is 37.4 Å². The smallest absolute Gasteiger partial charge is 0.254 e. The van der Waals surface area contributed by atoms with Gasteiger partial charge in [-0.1, -0.05) is 0 Å². The van der Waals surface area contributed by atoms with Crippen molar-refractivity contribution in [3.05, 3.63) is 29.8 Å². The van der Waals surface area contributed by atoms with Crippen molar-refractivity contribution in [3.63, 3.8) is 0 Å². The van der Waals surface area contributed by atoms with Crippen molar-refractivity contribution in [2.45, 2.75) is 0 Å². The maximum absolute atomic E-state index is 12.4. The first-order chi connectivity index (χ1) is 11.7. The molecule has 2 aliphatic heterocycles. The summed E-state index contributed by atoms with van der Waals surface area (Å²) in [6.45, 7) is 5.67. The van der Waals surface area contributed by atoms with Crippen LogP contribution in [0.3, 0.4) is 0 Å². The molecule has 2 aliphatic rings. The lowest BCUT2D eigenvalue weighted by molar-refractivity contribution is -0.118. The fourth-order valence-corrected chi connectivity index (χ4v) is 2.81. The maximum atomic E-state index is 12.4. The van der Waals surface area contributed by atoms with E-state index < -0.39 is 0 Å². The zero-order valence-corrected chi connectivity index (χ0v) is 13.7. The van der Waals surface area contributed by atoms with E-state index in [4.69, 9.17) is 9.47 Å². The molecule has 1 aromatic carbocycles. The van der Waals surface area contributed by atoms with Crippen LogP contribution >= 0.6 is 0 Å². The van der Waals surface area contributed by atoms with Gasteiger partial charge in [-0.3, -0.25) is 14.5 Å². The third-order valence-electron chi connectivity index (χ3n) is 4.18. The summed E-state index contributed by atoms with van der Waals surface area (Å²) in [5.74, 6) is -0.0475. The number of hydrogen-bond acceptors (Lipinski definition) is 5. The molecule has 24 heavy (non-hydrogen) atoms. The van der Waals surface area contributed by atoms with E-state index in [1.165, 1.54) is 0 Å². The van der Waals surface area contributed by atoms with Crippen LogP contribution in [0, 0.1) is 0 Å². The summed E-state index contributed by atoms with van der Waals surface area (Å²) >= 11 is 0. The normalized spacial score (nSPS) is 19.1. The van der Waals surface area contributed by atoms with Crippen molar-refractivity contribution in [3.8, 4) is 0 Å². The number of nitrogens with one attached hydrogen (secondary N) is 1. The lowest BCUT2D eigenvalue weighted by atomic mass is 10.1. The molecule has 0 aromatic heterocycles. The molecule has 1 N–H and O–H groups in total.